The highest BCUT2D eigenvalue weighted by atomic mass is 32.2. The summed E-state index contributed by atoms with van der Waals surface area (Å²) >= 11 is 0. The SMILES string of the molecule is CCNCc1ccc(S(=O)(=O)NCC2CCCO2)c(F)c1. The monoisotopic (exact) mass is 316 g/mol. The van der Waals surface area contributed by atoms with Crippen molar-refractivity contribution in [1.29, 1.82) is 0 Å². The van der Waals surface area contributed by atoms with Crippen molar-refractivity contribution in [2.75, 3.05) is 19.7 Å². The lowest BCUT2D eigenvalue weighted by Gasteiger charge is -2.12. The van der Waals surface area contributed by atoms with Gasteiger partial charge in [0.1, 0.15) is 10.7 Å². The van der Waals surface area contributed by atoms with Gasteiger partial charge in [0.25, 0.3) is 0 Å². The normalized spacial score (nSPS) is 19.0. The van der Waals surface area contributed by atoms with Crippen molar-refractivity contribution in [2.45, 2.75) is 37.3 Å². The molecular weight excluding hydrogens is 295 g/mol. The summed E-state index contributed by atoms with van der Waals surface area (Å²) < 4.78 is 46.0. The molecule has 1 unspecified atom stereocenters. The van der Waals surface area contributed by atoms with E-state index in [4.69, 9.17) is 4.74 Å². The third-order valence-electron chi connectivity index (χ3n) is 3.39. The van der Waals surface area contributed by atoms with Gasteiger partial charge in [-0.2, -0.15) is 0 Å². The standard InChI is InChI=1S/C14H21FN2O3S/c1-2-16-9-11-5-6-14(13(15)8-11)21(18,19)17-10-12-4-3-7-20-12/h5-6,8,12,16-17H,2-4,7,9-10H2,1H3. The second kappa shape index (κ2) is 7.31. The number of hydrogen-bond donors (Lipinski definition) is 2. The van der Waals surface area contributed by atoms with E-state index in [9.17, 15) is 12.8 Å². The molecule has 1 heterocycles. The first kappa shape index (κ1) is 16.4. The van der Waals surface area contributed by atoms with Crippen LogP contribution < -0.4 is 10.0 Å². The Balaban J connectivity index is 2.04. The van der Waals surface area contributed by atoms with Crippen molar-refractivity contribution in [3.63, 3.8) is 0 Å². The van der Waals surface area contributed by atoms with Gasteiger partial charge in [0.2, 0.25) is 10.0 Å². The summed E-state index contributed by atoms with van der Waals surface area (Å²) in [6, 6.07) is 4.18. The molecule has 118 valence electrons. The molecule has 1 aromatic rings. The highest BCUT2D eigenvalue weighted by Gasteiger charge is 2.22. The largest absolute Gasteiger partial charge is 0.377 e. The van der Waals surface area contributed by atoms with Gasteiger partial charge in [-0.15, -0.1) is 0 Å². The maximum Gasteiger partial charge on any atom is 0.243 e. The number of halogens is 1. The van der Waals surface area contributed by atoms with Crippen molar-refractivity contribution >= 4 is 10.0 Å². The summed E-state index contributed by atoms with van der Waals surface area (Å²) in [6.45, 7) is 4.06. The van der Waals surface area contributed by atoms with Crippen molar-refractivity contribution in [3.05, 3.63) is 29.6 Å². The third kappa shape index (κ3) is 4.47. The molecule has 5 nitrogen and oxygen atoms in total. The maximum atomic E-state index is 14.0. The minimum absolute atomic E-state index is 0.115. The van der Waals surface area contributed by atoms with Gasteiger partial charge in [-0.3, -0.25) is 0 Å². The smallest absolute Gasteiger partial charge is 0.243 e. The van der Waals surface area contributed by atoms with E-state index in [0.29, 0.717) is 18.7 Å². The van der Waals surface area contributed by atoms with Crippen LogP contribution in [0.3, 0.4) is 0 Å². The van der Waals surface area contributed by atoms with Crippen LogP contribution in [-0.4, -0.2) is 34.2 Å². The van der Waals surface area contributed by atoms with Gasteiger partial charge in [-0.1, -0.05) is 13.0 Å². The molecule has 0 bridgehead atoms. The van der Waals surface area contributed by atoms with Crippen molar-refractivity contribution < 1.29 is 17.5 Å². The lowest BCUT2D eigenvalue weighted by atomic mass is 10.2. The van der Waals surface area contributed by atoms with E-state index in [1.54, 1.807) is 6.07 Å². The van der Waals surface area contributed by atoms with Crippen LogP contribution in [0.5, 0.6) is 0 Å². The zero-order chi connectivity index (χ0) is 15.3. The summed E-state index contributed by atoms with van der Waals surface area (Å²) in [7, 11) is -3.84. The van der Waals surface area contributed by atoms with Gasteiger partial charge in [0.05, 0.1) is 6.10 Å². The number of ether oxygens (including phenoxy) is 1. The van der Waals surface area contributed by atoms with Gasteiger partial charge >= 0.3 is 0 Å². The van der Waals surface area contributed by atoms with Gasteiger partial charge in [-0.05, 0) is 37.1 Å². The van der Waals surface area contributed by atoms with Gasteiger partial charge < -0.3 is 10.1 Å². The molecule has 0 aliphatic carbocycles. The van der Waals surface area contributed by atoms with E-state index in [2.05, 4.69) is 10.0 Å². The van der Waals surface area contributed by atoms with Crippen LogP contribution in [0.4, 0.5) is 4.39 Å². The van der Waals surface area contributed by atoms with Gasteiger partial charge in [0.15, 0.2) is 0 Å². The van der Waals surface area contributed by atoms with Crippen LogP contribution in [0.15, 0.2) is 23.1 Å². The number of rotatable bonds is 7. The Morgan fingerprint density at radius 1 is 1.43 bits per heavy atom. The predicted octanol–water partition coefficient (Wildman–Crippen LogP) is 1.39. The van der Waals surface area contributed by atoms with Crippen LogP contribution in [0.1, 0.15) is 25.3 Å². The second-order valence-corrected chi connectivity index (χ2v) is 6.77. The van der Waals surface area contributed by atoms with Crippen molar-refractivity contribution in [3.8, 4) is 0 Å². The minimum Gasteiger partial charge on any atom is -0.377 e. The quantitative estimate of drug-likeness (QED) is 0.798. The molecule has 1 aliphatic heterocycles. The molecule has 2 N–H and O–H groups in total. The van der Waals surface area contributed by atoms with Crippen LogP contribution in [-0.2, 0) is 21.3 Å². The second-order valence-electron chi connectivity index (χ2n) is 5.03. The predicted molar refractivity (Wildman–Crippen MR) is 77.9 cm³/mol. The van der Waals surface area contributed by atoms with E-state index in [1.807, 2.05) is 6.92 Å². The fourth-order valence-corrected chi connectivity index (χ4v) is 3.35. The maximum absolute atomic E-state index is 14.0. The minimum atomic E-state index is -3.84. The van der Waals surface area contributed by atoms with E-state index in [1.165, 1.54) is 12.1 Å². The molecule has 7 heteroatoms. The summed E-state index contributed by atoms with van der Waals surface area (Å²) in [5.74, 6) is -0.731. The van der Waals surface area contributed by atoms with E-state index < -0.39 is 15.8 Å². The zero-order valence-electron chi connectivity index (χ0n) is 12.1. The van der Waals surface area contributed by atoms with Crippen LogP contribution in [0.25, 0.3) is 0 Å². The lowest BCUT2D eigenvalue weighted by Crippen LogP contribution is -2.32. The molecule has 21 heavy (non-hydrogen) atoms. The van der Waals surface area contributed by atoms with E-state index in [-0.39, 0.29) is 17.5 Å². The molecule has 0 radical (unpaired) electrons. The first-order valence-electron chi connectivity index (χ1n) is 7.13. The first-order chi connectivity index (χ1) is 10.0. The Labute approximate surface area is 124 Å². The number of benzene rings is 1. The summed E-state index contributed by atoms with van der Waals surface area (Å²) in [5.41, 5.74) is 0.715. The van der Waals surface area contributed by atoms with Crippen LogP contribution >= 0.6 is 0 Å². The first-order valence-corrected chi connectivity index (χ1v) is 8.61. The topological polar surface area (TPSA) is 67.4 Å². The summed E-state index contributed by atoms with van der Waals surface area (Å²) in [4.78, 5) is -0.319. The summed E-state index contributed by atoms with van der Waals surface area (Å²) in [5, 5.41) is 3.06. The highest BCUT2D eigenvalue weighted by molar-refractivity contribution is 7.89. The molecule has 0 spiro atoms. The Bertz CT molecular complexity index is 572. The Morgan fingerprint density at radius 3 is 2.86 bits per heavy atom. The van der Waals surface area contributed by atoms with E-state index in [0.717, 1.165) is 19.4 Å². The Hall–Kier alpha value is -1.02. The average molecular weight is 316 g/mol. The molecule has 1 atom stereocenters. The fraction of sp³-hybridized carbons (Fsp3) is 0.571. The summed E-state index contributed by atoms with van der Waals surface area (Å²) in [6.07, 6.45) is 1.64. The molecule has 1 saturated heterocycles. The lowest BCUT2D eigenvalue weighted by molar-refractivity contribution is 0.114. The van der Waals surface area contributed by atoms with E-state index >= 15 is 0 Å². The molecular formula is C14H21FN2O3S. The van der Waals surface area contributed by atoms with Crippen LogP contribution in [0.2, 0.25) is 0 Å². The number of sulfonamides is 1. The molecule has 0 aromatic heterocycles. The van der Waals surface area contributed by atoms with Crippen molar-refractivity contribution in [1.82, 2.24) is 10.0 Å². The number of hydrogen-bond acceptors (Lipinski definition) is 4. The molecule has 0 amide bonds. The Kier molecular flexibility index (Phi) is 5.69. The third-order valence-corrected chi connectivity index (χ3v) is 4.85. The highest BCUT2D eigenvalue weighted by Crippen LogP contribution is 2.17. The zero-order valence-corrected chi connectivity index (χ0v) is 12.9. The number of nitrogens with one attached hydrogen (secondary N) is 2. The van der Waals surface area contributed by atoms with Crippen molar-refractivity contribution in [2.24, 2.45) is 0 Å². The van der Waals surface area contributed by atoms with Gasteiger partial charge in [-0.25, -0.2) is 17.5 Å². The van der Waals surface area contributed by atoms with Crippen LogP contribution in [0, 0.1) is 5.82 Å². The average Bonchev–Trinajstić information content (AvgIpc) is 2.96. The van der Waals surface area contributed by atoms with Gasteiger partial charge in [0, 0.05) is 19.7 Å². The molecule has 2 rings (SSSR count). The Morgan fingerprint density at radius 2 is 2.24 bits per heavy atom. The molecule has 1 fully saturated rings. The molecule has 1 aliphatic rings. The molecule has 1 aromatic carbocycles. The fourth-order valence-electron chi connectivity index (χ4n) is 2.23. The molecule has 0 saturated carbocycles.